The predicted molar refractivity (Wildman–Crippen MR) is 85.4 cm³/mol. The summed E-state index contributed by atoms with van der Waals surface area (Å²) in [6.07, 6.45) is -0.0593. The molecule has 0 radical (unpaired) electrons. The van der Waals surface area contributed by atoms with E-state index in [0.29, 0.717) is 25.3 Å². The number of carbonyl (C=O) groups is 2. The monoisotopic (exact) mass is 319 g/mol. The third-order valence-corrected chi connectivity index (χ3v) is 4.30. The first-order chi connectivity index (χ1) is 11.1. The van der Waals surface area contributed by atoms with Gasteiger partial charge in [0.1, 0.15) is 0 Å². The molecule has 3 rings (SSSR count). The second-order valence-electron chi connectivity index (χ2n) is 5.73. The molecule has 2 fully saturated rings. The number of anilines is 2. The van der Waals surface area contributed by atoms with Crippen LogP contribution in [-0.4, -0.2) is 60.4 Å². The van der Waals surface area contributed by atoms with E-state index >= 15 is 0 Å². The average molecular weight is 319 g/mol. The number of nitrogens with zero attached hydrogens (tertiary/aromatic N) is 2. The molecule has 1 aromatic rings. The van der Waals surface area contributed by atoms with Gasteiger partial charge < -0.3 is 25.0 Å². The molecule has 0 spiro atoms. The quantitative estimate of drug-likeness (QED) is 0.812. The zero-order valence-electron chi connectivity index (χ0n) is 13.1. The average Bonchev–Trinajstić information content (AvgIpc) is 2.94. The molecule has 2 heterocycles. The Bertz CT molecular complexity index is 589. The van der Waals surface area contributed by atoms with Gasteiger partial charge in [-0.2, -0.15) is 0 Å². The maximum Gasteiger partial charge on any atom is 0.322 e. The largest absolute Gasteiger partial charge is 0.388 e. The fraction of sp³-hybridized carbons (Fsp3) is 0.500. The Morgan fingerprint density at radius 1 is 1.39 bits per heavy atom. The minimum Gasteiger partial charge on any atom is -0.388 e. The molecule has 3 amide bonds. The Hall–Kier alpha value is -2.12. The van der Waals surface area contributed by atoms with Crippen molar-refractivity contribution >= 4 is 23.3 Å². The van der Waals surface area contributed by atoms with Crippen LogP contribution in [0.2, 0.25) is 0 Å². The summed E-state index contributed by atoms with van der Waals surface area (Å²) in [7, 11) is 0. The lowest BCUT2D eigenvalue weighted by Crippen LogP contribution is -2.48. The molecule has 0 aromatic heterocycles. The van der Waals surface area contributed by atoms with Gasteiger partial charge in [-0.25, -0.2) is 4.79 Å². The molecule has 2 aliphatic rings. The summed E-state index contributed by atoms with van der Waals surface area (Å²) in [6, 6.07) is 6.59. The summed E-state index contributed by atoms with van der Waals surface area (Å²) >= 11 is 0. The lowest BCUT2D eigenvalue weighted by atomic mass is 10.1. The number of aliphatic hydroxyl groups excluding tert-OH is 1. The van der Waals surface area contributed by atoms with E-state index in [1.165, 1.54) is 0 Å². The summed E-state index contributed by atoms with van der Waals surface area (Å²) in [5, 5.41) is 12.7. The van der Waals surface area contributed by atoms with Gasteiger partial charge in [0.2, 0.25) is 5.91 Å². The molecule has 23 heavy (non-hydrogen) atoms. The zero-order valence-corrected chi connectivity index (χ0v) is 13.1. The first kappa shape index (κ1) is 15.8. The number of urea groups is 1. The smallest absolute Gasteiger partial charge is 0.322 e. The van der Waals surface area contributed by atoms with Gasteiger partial charge >= 0.3 is 6.03 Å². The summed E-state index contributed by atoms with van der Waals surface area (Å²) in [6.45, 7) is 3.69. The standard InChI is InChI=1S/C16H21N3O4/c1-2-18(13-9-23-10-14(13)20)16(22)17-11-3-5-12(6-4-11)19-8-7-15(19)21/h3-6,13-14,20H,2,7-10H2,1H3,(H,17,22)/t13-,14-/m1/s1. The summed E-state index contributed by atoms with van der Waals surface area (Å²) < 4.78 is 5.21. The second kappa shape index (κ2) is 6.55. The molecular weight excluding hydrogens is 298 g/mol. The Morgan fingerprint density at radius 2 is 2.13 bits per heavy atom. The van der Waals surface area contributed by atoms with E-state index in [0.717, 1.165) is 12.2 Å². The number of hydrogen-bond acceptors (Lipinski definition) is 4. The first-order valence-electron chi connectivity index (χ1n) is 7.84. The highest BCUT2D eigenvalue weighted by molar-refractivity contribution is 5.99. The lowest BCUT2D eigenvalue weighted by molar-refractivity contribution is -0.122. The maximum atomic E-state index is 12.4. The van der Waals surface area contributed by atoms with Gasteiger partial charge in [0.15, 0.2) is 0 Å². The number of benzene rings is 1. The molecule has 7 heteroatoms. The molecule has 0 unspecified atom stereocenters. The van der Waals surface area contributed by atoms with E-state index < -0.39 is 6.10 Å². The minimum absolute atomic E-state index is 0.120. The van der Waals surface area contributed by atoms with Crippen LogP contribution in [-0.2, 0) is 9.53 Å². The van der Waals surface area contributed by atoms with Crippen LogP contribution in [0.25, 0.3) is 0 Å². The highest BCUT2D eigenvalue weighted by atomic mass is 16.5. The Balaban J connectivity index is 1.63. The Morgan fingerprint density at radius 3 is 2.61 bits per heavy atom. The predicted octanol–water partition coefficient (Wildman–Crippen LogP) is 1.04. The minimum atomic E-state index is -0.652. The van der Waals surface area contributed by atoms with Gasteiger partial charge in [-0.1, -0.05) is 0 Å². The number of hydrogen-bond donors (Lipinski definition) is 2. The second-order valence-corrected chi connectivity index (χ2v) is 5.73. The lowest BCUT2D eigenvalue weighted by Gasteiger charge is -2.31. The van der Waals surface area contributed by atoms with Crippen LogP contribution < -0.4 is 10.2 Å². The van der Waals surface area contributed by atoms with Gasteiger partial charge in [0, 0.05) is 30.9 Å². The van der Waals surface area contributed by atoms with Crippen LogP contribution in [0, 0.1) is 0 Å². The summed E-state index contributed by atoms with van der Waals surface area (Å²) in [4.78, 5) is 27.1. The van der Waals surface area contributed by atoms with E-state index in [9.17, 15) is 14.7 Å². The van der Waals surface area contributed by atoms with Crippen LogP contribution in [0.4, 0.5) is 16.2 Å². The van der Waals surface area contributed by atoms with E-state index in [4.69, 9.17) is 4.74 Å². The van der Waals surface area contributed by atoms with Crippen molar-refractivity contribution < 1.29 is 19.4 Å². The van der Waals surface area contributed by atoms with Crippen LogP contribution in [0.5, 0.6) is 0 Å². The molecule has 2 N–H and O–H groups in total. The molecule has 0 saturated carbocycles. The van der Waals surface area contributed by atoms with Crippen LogP contribution in [0.3, 0.4) is 0 Å². The van der Waals surface area contributed by atoms with Crippen LogP contribution in [0.15, 0.2) is 24.3 Å². The van der Waals surface area contributed by atoms with Crippen molar-refractivity contribution in [3.05, 3.63) is 24.3 Å². The third kappa shape index (κ3) is 3.16. The van der Waals surface area contributed by atoms with Crippen molar-refractivity contribution in [2.24, 2.45) is 0 Å². The number of likely N-dealkylation sites (N-methyl/N-ethyl adjacent to an activating group) is 1. The number of carbonyl (C=O) groups excluding carboxylic acids is 2. The summed E-state index contributed by atoms with van der Waals surface area (Å²) in [5.74, 6) is 0.120. The molecule has 7 nitrogen and oxygen atoms in total. The number of β-lactam (4-membered cyclic amide) rings is 1. The van der Waals surface area contributed by atoms with Crippen LogP contribution in [0.1, 0.15) is 13.3 Å². The highest BCUT2D eigenvalue weighted by Gasteiger charge is 2.33. The van der Waals surface area contributed by atoms with E-state index in [2.05, 4.69) is 5.32 Å². The number of aliphatic hydroxyl groups is 1. The van der Waals surface area contributed by atoms with Crippen molar-refractivity contribution in [1.29, 1.82) is 0 Å². The van der Waals surface area contributed by atoms with Gasteiger partial charge in [0.05, 0.1) is 25.4 Å². The fourth-order valence-electron chi connectivity index (χ4n) is 2.87. The normalized spacial score (nSPS) is 23.6. The topological polar surface area (TPSA) is 82.1 Å². The van der Waals surface area contributed by atoms with Crippen molar-refractivity contribution in [1.82, 2.24) is 4.90 Å². The molecular formula is C16H21N3O4. The third-order valence-electron chi connectivity index (χ3n) is 4.30. The van der Waals surface area contributed by atoms with Crippen molar-refractivity contribution in [2.75, 3.05) is 36.5 Å². The number of rotatable bonds is 4. The molecule has 2 aliphatic heterocycles. The van der Waals surface area contributed by atoms with Gasteiger partial charge in [-0.05, 0) is 31.2 Å². The van der Waals surface area contributed by atoms with Crippen LogP contribution >= 0.6 is 0 Å². The van der Waals surface area contributed by atoms with Crippen molar-refractivity contribution in [3.63, 3.8) is 0 Å². The number of ether oxygens (including phenoxy) is 1. The van der Waals surface area contributed by atoms with E-state index in [-0.39, 0.29) is 24.6 Å². The summed E-state index contributed by atoms with van der Waals surface area (Å²) in [5.41, 5.74) is 1.49. The molecule has 1 aromatic carbocycles. The number of amides is 3. The van der Waals surface area contributed by atoms with Crippen molar-refractivity contribution in [2.45, 2.75) is 25.5 Å². The molecule has 0 aliphatic carbocycles. The Kier molecular flexibility index (Phi) is 4.49. The Labute approximate surface area is 134 Å². The molecule has 2 atom stereocenters. The molecule has 124 valence electrons. The van der Waals surface area contributed by atoms with Gasteiger partial charge in [0.25, 0.3) is 0 Å². The van der Waals surface area contributed by atoms with Gasteiger partial charge in [-0.15, -0.1) is 0 Å². The van der Waals surface area contributed by atoms with E-state index in [1.807, 2.05) is 19.1 Å². The number of nitrogens with one attached hydrogen (secondary N) is 1. The molecule has 2 saturated heterocycles. The van der Waals surface area contributed by atoms with Gasteiger partial charge in [-0.3, -0.25) is 4.79 Å². The fourth-order valence-corrected chi connectivity index (χ4v) is 2.87. The zero-order chi connectivity index (χ0) is 16.4. The SMILES string of the molecule is CCN(C(=O)Nc1ccc(N2CCC2=O)cc1)[C@@H]1COC[C@H]1O. The van der Waals surface area contributed by atoms with E-state index in [1.54, 1.807) is 21.9 Å². The first-order valence-corrected chi connectivity index (χ1v) is 7.84. The maximum absolute atomic E-state index is 12.4. The van der Waals surface area contributed by atoms with Crippen molar-refractivity contribution in [3.8, 4) is 0 Å². The molecule has 0 bridgehead atoms. The highest BCUT2D eigenvalue weighted by Crippen LogP contribution is 2.24.